The van der Waals surface area contributed by atoms with Crippen molar-refractivity contribution in [2.45, 2.75) is 40.2 Å². The van der Waals surface area contributed by atoms with Crippen LogP contribution in [0.3, 0.4) is 0 Å². The highest BCUT2D eigenvalue weighted by atomic mass is 16.4. The number of benzene rings is 3. The summed E-state index contributed by atoms with van der Waals surface area (Å²) in [5, 5.41) is 7.35. The highest BCUT2D eigenvalue weighted by Crippen LogP contribution is 2.28. The lowest BCUT2D eigenvalue weighted by Crippen LogP contribution is -2.13. The summed E-state index contributed by atoms with van der Waals surface area (Å²) in [5.74, 6) is 0.216. The maximum atomic E-state index is 12.6. The van der Waals surface area contributed by atoms with Crippen molar-refractivity contribution in [1.82, 2.24) is 0 Å². The van der Waals surface area contributed by atoms with Crippen LogP contribution in [0.4, 0.5) is 11.4 Å². The lowest BCUT2D eigenvalue weighted by atomic mass is 9.95. The molecule has 5 heteroatoms. The zero-order valence-corrected chi connectivity index (χ0v) is 19.4. The topological polar surface area (TPSA) is 71.3 Å². The molecule has 0 saturated carbocycles. The van der Waals surface area contributed by atoms with Gasteiger partial charge in [-0.2, -0.15) is 0 Å². The van der Waals surface area contributed by atoms with Crippen molar-refractivity contribution in [3.8, 4) is 0 Å². The zero-order valence-electron chi connectivity index (χ0n) is 19.4. The van der Waals surface area contributed by atoms with Gasteiger partial charge in [-0.3, -0.25) is 4.79 Å². The molecule has 3 aromatic carbocycles. The van der Waals surface area contributed by atoms with Crippen LogP contribution in [-0.4, -0.2) is 5.91 Å². The van der Waals surface area contributed by atoms with E-state index in [2.05, 4.69) is 30.5 Å². The fourth-order valence-corrected chi connectivity index (χ4v) is 4.10. The van der Waals surface area contributed by atoms with Gasteiger partial charge in [0.15, 0.2) is 0 Å². The summed E-state index contributed by atoms with van der Waals surface area (Å²) in [5.41, 5.74) is 6.62. The van der Waals surface area contributed by atoms with E-state index in [0.29, 0.717) is 23.6 Å². The van der Waals surface area contributed by atoms with Gasteiger partial charge in [-0.1, -0.05) is 38.1 Å². The Morgan fingerprint density at radius 1 is 0.939 bits per heavy atom. The molecule has 1 heterocycles. The van der Waals surface area contributed by atoms with Gasteiger partial charge in [-0.25, -0.2) is 4.79 Å². The SMILES string of the molecule is Cc1cc2oc(=O)cc(CNc3cccc(NC(=O)c4ccccc4)c3C)c2cc1C(C)C. The van der Waals surface area contributed by atoms with E-state index in [0.717, 1.165) is 33.5 Å². The third kappa shape index (κ3) is 4.82. The summed E-state index contributed by atoms with van der Waals surface area (Å²) in [7, 11) is 0. The van der Waals surface area contributed by atoms with Crippen LogP contribution in [0.25, 0.3) is 11.0 Å². The number of hydrogen-bond donors (Lipinski definition) is 2. The molecule has 0 aliphatic heterocycles. The maximum absolute atomic E-state index is 12.6. The minimum absolute atomic E-state index is 0.154. The Morgan fingerprint density at radius 3 is 2.39 bits per heavy atom. The summed E-state index contributed by atoms with van der Waals surface area (Å²) in [6.45, 7) is 8.77. The second-order valence-electron chi connectivity index (χ2n) is 8.60. The molecule has 0 radical (unpaired) electrons. The summed E-state index contributed by atoms with van der Waals surface area (Å²) in [6.07, 6.45) is 0. The summed E-state index contributed by atoms with van der Waals surface area (Å²) in [4.78, 5) is 24.8. The Labute approximate surface area is 193 Å². The summed E-state index contributed by atoms with van der Waals surface area (Å²) < 4.78 is 5.47. The number of carbonyl (C=O) groups is 1. The number of amides is 1. The van der Waals surface area contributed by atoms with E-state index >= 15 is 0 Å². The Kier molecular flexibility index (Phi) is 6.31. The van der Waals surface area contributed by atoms with Gasteiger partial charge in [-0.15, -0.1) is 0 Å². The van der Waals surface area contributed by atoms with Crippen LogP contribution in [0.5, 0.6) is 0 Å². The second-order valence-corrected chi connectivity index (χ2v) is 8.60. The van der Waals surface area contributed by atoms with Gasteiger partial charge in [0.2, 0.25) is 0 Å². The van der Waals surface area contributed by atoms with Gasteiger partial charge < -0.3 is 15.1 Å². The van der Waals surface area contributed by atoms with E-state index in [1.807, 2.05) is 56.3 Å². The molecule has 1 aromatic heterocycles. The molecule has 0 bridgehead atoms. The summed E-state index contributed by atoms with van der Waals surface area (Å²) in [6, 6.07) is 20.5. The van der Waals surface area contributed by atoms with E-state index in [9.17, 15) is 9.59 Å². The molecule has 5 nitrogen and oxygen atoms in total. The van der Waals surface area contributed by atoms with Crippen molar-refractivity contribution in [1.29, 1.82) is 0 Å². The molecule has 1 amide bonds. The Balaban J connectivity index is 1.61. The molecule has 0 unspecified atom stereocenters. The molecule has 4 rings (SSSR count). The first-order chi connectivity index (χ1) is 15.8. The molecule has 168 valence electrons. The third-order valence-electron chi connectivity index (χ3n) is 5.93. The summed E-state index contributed by atoms with van der Waals surface area (Å²) >= 11 is 0. The van der Waals surface area contributed by atoms with Gasteiger partial charge >= 0.3 is 5.63 Å². The molecule has 0 aliphatic carbocycles. The van der Waals surface area contributed by atoms with E-state index in [4.69, 9.17) is 4.42 Å². The maximum Gasteiger partial charge on any atom is 0.336 e. The van der Waals surface area contributed by atoms with Crippen molar-refractivity contribution in [3.05, 3.63) is 105 Å². The molecule has 0 saturated heterocycles. The molecule has 2 N–H and O–H groups in total. The van der Waals surface area contributed by atoms with Crippen molar-refractivity contribution in [2.24, 2.45) is 0 Å². The first-order valence-electron chi connectivity index (χ1n) is 11.1. The number of anilines is 2. The molecule has 0 aliphatic rings. The van der Waals surface area contributed by atoms with Gasteiger partial charge in [-0.05, 0) is 78.4 Å². The van der Waals surface area contributed by atoms with E-state index < -0.39 is 0 Å². The number of hydrogen-bond acceptors (Lipinski definition) is 4. The molecular formula is C28H28N2O3. The fraction of sp³-hybridized carbons (Fsp3) is 0.214. The largest absolute Gasteiger partial charge is 0.423 e. The van der Waals surface area contributed by atoms with Crippen LogP contribution < -0.4 is 16.3 Å². The minimum atomic E-state index is -0.364. The van der Waals surface area contributed by atoms with E-state index in [1.165, 1.54) is 5.56 Å². The van der Waals surface area contributed by atoms with Gasteiger partial charge in [0.05, 0.1) is 0 Å². The fourth-order valence-electron chi connectivity index (χ4n) is 4.10. The van der Waals surface area contributed by atoms with Gasteiger partial charge in [0, 0.05) is 34.9 Å². The highest BCUT2D eigenvalue weighted by molar-refractivity contribution is 6.05. The monoisotopic (exact) mass is 440 g/mol. The number of rotatable bonds is 6. The predicted molar refractivity (Wildman–Crippen MR) is 134 cm³/mol. The Bertz CT molecular complexity index is 1370. The van der Waals surface area contributed by atoms with E-state index in [1.54, 1.807) is 18.2 Å². The number of aryl methyl sites for hydroxylation is 1. The smallest absolute Gasteiger partial charge is 0.336 e. The average Bonchev–Trinajstić information content (AvgIpc) is 2.79. The zero-order chi connectivity index (χ0) is 23.5. The van der Waals surface area contributed by atoms with Crippen LogP contribution in [0, 0.1) is 13.8 Å². The first kappa shape index (κ1) is 22.3. The highest BCUT2D eigenvalue weighted by Gasteiger charge is 2.13. The number of nitrogens with one attached hydrogen (secondary N) is 2. The van der Waals surface area contributed by atoms with Crippen molar-refractivity contribution >= 4 is 28.3 Å². The van der Waals surface area contributed by atoms with Crippen LogP contribution in [0.1, 0.15) is 52.4 Å². The van der Waals surface area contributed by atoms with Gasteiger partial charge in [0.1, 0.15) is 5.58 Å². The van der Waals surface area contributed by atoms with Crippen molar-refractivity contribution < 1.29 is 9.21 Å². The molecule has 33 heavy (non-hydrogen) atoms. The van der Waals surface area contributed by atoms with Crippen molar-refractivity contribution in [3.63, 3.8) is 0 Å². The van der Waals surface area contributed by atoms with Crippen LogP contribution in [-0.2, 0) is 6.54 Å². The lowest BCUT2D eigenvalue weighted by Gasteiger charge is -2.16. The quantitative estimate of drug-likeness (QED) is 0.340. The van der Waals surface area contributed by atoms with Crippen molar-refractivity contribution in [2.75, 3.05) is 10.6 Å². The molecular weight excluding hydrogens is 412 g/mol. The van der Waals surface area contributed by atoms with Crippen LogP contribution in [0.15, 0.2) is 75.9 Å². The third-order valence-corrected chi connectivity index (χ3v) is 5.93. The Hall–Kier alpha value is -3.86. The predicted octanol–water partition coefficient (Wildman–Crippen LogP) is 6.40. The number of fused-ring (bicyclic) bond motifs is 1. The molecule has 0 fully saturated rings. The Morgan fingerprint density at radius 2 is 1.67 bits per heavy atom. The van der Waals surface area contributed by atoms with Crippen LogP contribution >= 0.6 is 0 Å². The first-order valence-corrected chi connectivity index (χ1v) is 11.1. The lowest BCUT2D eigenvalue weighted by molar-refractivity contribution is 0.102. The average molecular weight is 441 g/mol. The molecule has 0 atom stereocenters. The standard InChI is InChI=1S/C28H28N2O3/c1-17(2)22-15-23-21(14-27(31)33-26(23)13-18(22)3)16-29-24-11-8-12-25(19(24)4)30-28(32)20-9-6-5-7-10-20/h5-15,17,29H,16H2,1-4H3,(H,30,32). The minimum Gasteiger partial charge on any atom is -0.423 e. The van der Waals surface area contributed by atoms with E-state index in [-0.39, 0.29) is 11.5 Å². The van der Waals surface area contributed by atoms with Gasteiger partial charge in [0.25, 0.3) is 5.91 Å². The second kappa shape index (κ2) is 9.33. The van der Waals surface area contributed by atoms with Crippen LogP contribution in [0.2, 0.25) is 0 Å². The molecule has 0 spiro atoms. The normalized spacial score (nSPS) is 11.1. The number of carbonyl (C=O) groups excluding carboxylic acids is 1. The molecule has 4 aromatic rings.